The van der Waals surface area contributed by atoms with Crippen molar-refractivity contribution in [2.75, 3.05) is 18.4 Å². The van der Waals surface area contributed by atoms with Crippen LogP contribution in [0.15, 0.2) is 29.1 Å². The molecule has 180 valence electrons. The maximum atomic E-state index is 12.6. The first-order valence-corrected chi connectivity index (χ1v) is 12.0. The van der Waals surface area contributed by atoms with Crippen LogP contribution < -0.4 is 10.9 Å². The molecule has 0 radical (unpaired) electrons. The minimum Gasteiger partial charge on any atom is -0.444 e. The van der Waals surface area contributed by atoms with Gasteiger partial charge in [-0.25, -0.2) is 9.31 Å². The van der Waals surface area contributed by atoms with Crippen molar-refractivity contribution >= 4 is 34.2 Å². The highest BCUT2D eigenvalue weighted by molar-refractivity contribution is 6.07. The molecule has 5 rings (SSSR count). The van der Waals surface area contributed by atoms with Gasteiger partial charge in [0.15, 0.2) is 0 Å². The third-order valence-electron chi connectivity index (χ3n) is 6.76. The van der Waals surface area contributed by atoms with Crippen LogP contribution in [0, 0.1) is 5.92 Å². The predicted molar refractivity (Wildman–Crippen MR) is 129 cm³/mol. The van der Waals surface area contributed by atoms with Gasteiger partial charge in [0.05, 0.1) is 22.3 Å². The summed E-state index contributed by atoms with van der Waals surface area (Å²) in [5.41, 5.74) is 2.02. The Bertz CT molecular complexity index is 1310. The summed E-state index contributed by atoms with van der Waals surface area (Å²) >= 11 is 0. The average Bonchev–Trinajstić information content (AvgIpc) is 3.10. The van der Waals surface area contributed by atoms with Crippen LogP contribution in [0.5, 0.6) is 0 Å². The zero-order valence-electron chi connectivity index (χ0n) is 19.9. The molecule has 0 atom stereocenters. The van der Waals surface area contributed by atoms with Gasteiger partial charge in [0, 0.05) is 31.0 Å². The topological polar surface area (TPSA) is 109 Å². The quantitative estimate of drug-likeness (QED) is 0.607. The van der Waals surface area contributed by atoms with Gasteiger partial charge >= 0.3 is 6.09 Å². The molecule has 1 aliphatic carbocycles. The van der Waals surface area contributed by atoms with Crippen molar-refractivity contribution < 1.29 is 14.3 Å². The number of hydrogen-bond acceptors (Lipinski definition) is 5. The normalized spacial score (nSPS) is 17.7. The number of likely N-dealkylation sites (tertiary alicyclic amines) is 1. The number of aromatic nitrogens is 3. The minimum absolute atomic E-state index is 0.0196. The van der Waals surface area contributed by atoms with Gasteiger partial charge in [-0.05, 0) is 58.6 Å². The van der Waals surface area contributed by atoms with Gasteiger partial charge in [0.25, 0.3) is 5.56 Å². The Kier molecular flexibility index (Phi) is 5.58. The van der Waals surface area contributed by atoms with E-state index in [9.17, 15) is 14.4 Å². The zero-order valence-corrected chi connectivity index (χ0v) is 19.9. The van der Waals surface area contributed by atoms with Crippen molar-refractivity contribution in [3.63, 3.8) is 0 Å². The van der Waals surface area contributed by atoms with Gasteiger partial charge in [0.1, 0.15) is 11.2 Å². The molecule has 3 heterocycles. The molecule has 9 nitrogen and oxygen atoms in total. The number of hydrogen-bond donors (Lipinski definition) is 2. The Morgan fingerprint density at radius 2 is 1.88 bits per heavy atom. The van der Waals surface area contributed by atoms with Crippen LogP contribution >= 0.6 is 0 Å². The van der Waals surface area contributed by atoms with Gasteiger partial charge in [-0.3, -0.25) is 9.59 Å². The first-order chi connectivity index (χ1) is 16.2. The Morgan fingerprint density at radius 1 is 1.15 bits per heavy atom. The largest absolute Gasteiger partial charge is 0.444 e. The van der Waals surface area contributed by atoms with Crippen molar-refractivity contribution in [2.24, 2.45) is 5.92 Å². The molecule has 0 bridgehead atoms. The first kappa shape index (κ1) is 22.4. The molecule has 1 saturated carbocycles. The predicted octanol–water partition coefficient (Wildman–Crippen LogP) is 4.03. The molecule has 9 heteroatoms. The Morgan fingerprint density at radius 3 is 2.53 bits per heavy atom. The Hall–Kier alpha value is -3.36. The number of carbonyl (C=O) groups excluding carboxylic acids is 2. The van der Waals surface area contributed by atoms with Crippen LogP contribution in [0.3, 0.4) is 0 Å². The fourth-order valence-corrected chi connectivity index (χ4v) is 4.77. The fourth-order valence-electron chi connectivity index (χ4n) is 4.77. The lowest BCUT2D eigenvalue weighted by Gasteiger charge is -2.33. The summed E-state index contributed by atoms with van der Waals surface area (Å²) in [6.45, 7) is 6.68. The van der Waals surface area contributed by atoms with E-state index >= 15 is 0 Å². The van der Waals surface area contributed by atoms with Crippen LogP contribution in [0.1, 0.15) is 64.5 Å². The van der Waals surface area contributed by atoms with E-state index in [2.05, 4.69) is 10.3 Å². The van der Waals surface area contributed by atoms with Gasteiger partial charge in [-0.2, -0.15) is 5.10 Å². The maximum Gasteiger partial charge on any atom is 0.410 e. The lowest BCUT2D eigenvalue weighted by molar-refractivity contribution is -0.122. The van der Waals surface area contributed by atoms with Crippen LogP contribution in [0.4, 0.5) is 10.5 Å². The summed E-state index contributed by atoms with van der Waals surface area (Å²) in [5, 5.41) is 8.56. The highest BCUT2D eigenvalue weighted by atomic mass is 16.6. The molecule has 1 aromatic carbocycles. The maximum absolute atomic E-state index is 12.6. The molecular weight excluding hydrogens is 434 g/mol. The van der Waals surface area contributed by atoms with Gasteiger partial charge in [0.2, 0.25) is 5.91 Å². The van der Waals surface area contributed by atoms with Crippen LogP contribution in [-0.4, -0.2) is 50.2 Å². The second-order valence-electron chi connectivity index (χ2n) is 10.4. The standard InChI is InChI=1S/C25H31N5O4/c1-25(2,3)34-24(33)29-12-10-15(11-13-29)19-14-20(31)27-22-21-17(26-23(32)16-6-4-7-16)8-5-9-18(21)28-30(19)22/h5,8-9,14-16H,4,6-7,10-13H2,1-3H3,(H,26,32)(H,27,31). The third-order valence-corrected chi connectivity index (χ3v) is 6.76. The van der Waals surface area contributed by atoms with E-state index in [-0.39, 0.29) is 29.4 Å². The van der Waals surface area contributed by atoms with Crippen molar-refractivity contribution in [3.05, 3.63) is 40.3 Å². The molecule has 2 aliphatic rings. The molecule has 2 aromatic heterocycles. The van der Waals surface area contributed by atoms with Crippen molar-refractivity contribution in [1.29, 1.82) is 0 Å². The molecule has 1 aliphatic heterocycles. The van der Waals surface area contributed by atoms with E-state index in [1.165, 1.54) is 0 Å². The van der Waals surface area contributed by atoms with Crippen LogP contribution in [0.2, 0.25) is 0 Å². The molecule has 2 fully saturated rings. The van der Waals surface area contributed by atoms with Crippen molar-refractivity contribution in [3.8, 4) is 0 Å². The first-order valence-electron chi connectivity index (χ1n) is 12.0. The third kappa shape index (κ3) is 4.26. The number of fused-ring (bicyclic) bond motifs is 3. The zero-order chi connectivity index (χ0) is 24.0. The number of piperidine rings is 1. The summed E-state index contributed by atoms with van der Waals surface area (Å²) in [6.07, 6.45) is 4.03. The smallest absolute Gasteiger partial charge is 0.410 e. The van der Waals surface area contributed by atoms with Gasteiger partial charge in [-0.15, -0.1) is 0 Å². The second-order valence-corrected chi connectivity index (χ2v) is 10.4. The summed E-state index contributed by atoms with van der Waals surface area (Å²) in [5.74, 6) is 0.152. The highest BCUT2D eigenvalue weighted by Crippen LogP contribution is 2.33. The number of benzene rings is 1. The molecule has 1 saturated heterocycles. The number of ether oxygens (including phenoxy) is 1. The summed E-state index contributed by atoms with van der Waals surface area (Å²) < 4.78 is 7.29. The van der Waals surface area contributed by atoms with Gasteiger partial charge in [-0.1, -0.05) is 12.5 Å². The number of H-pyrrole nitrogens is 1. The number of nitrogens with zero attached hydrogens (tertiary/aromatic N) is 3. The number of nitrogens with one attached hydrogen (secondary N) is 2. The Labute approximate surface area is 197 Å². The van der Waals surface area contributed by atoms with E-state index in [0.29, 0.717) is 42.8 Å². The fraction of sp³-hybridized carbons (Fsp3) is 0.520. The molecule has 3 aromatic rings. The average molecular weight is 466 g/mol. The molecule has 34 heavy (non-hydrogen) atoms. The number of amides is 2. The van der Waals surface area contributed by atoms with E-state index < -0.39 is 5.60 Å². The van der Waals surface area contributed by atoms with E-state index in [1.807, 2.05) is 39.0 Å². The lowest BCUT2D eigenvalue weighted by atomic mass is 9.85. The van der Waals surface area contributed by atoms with Gasteiger partial charge < -0.3 is 19.9 Å². The Balaban J connectivity index is 1.44. The number of rotatable bonds is 3. The number of anilines is 1. The lowest BCUT2D eigenvalue weighted by Crippen LogP contribution is -2.41. The highest BCUT2D eigenvalue weighted by Gasteiger charge is 2.30. The molecule has 0 spiro atoms. The SMILES string of the molecule is CC(C)(C)OC(=O)N1CCC(c2cc(=O)[nH]c3c4c(NC(=O)C5CCC5)cccc4nn23)CC1. The molecular formula is C25H31N5O4. The van der Waals surface area contributed by atoms with Crippen molar-refractivity contribution in [1.82, 2.24) is 19.5 Å². The molecule has 2 amide bonds. The van der Waals surface area contributed by atoms with Crippen LogP contribution in [-0.2, 0) is 9.53 Å². The number of aromatic amines is 1. The van der Waals surface area contributed by atoms with Crippen molar-refractivity contribution in [2.45, 2.75) is 64.4 Å². The summed E-state index contributed by atoms with van der Waals surface area (Å²) in [7, 11) is 0. The summed E-state index contributed by atoms with van der Waals surface area (Å²) in [4.78, 5) is 42.3. The van der Waals surface area contributed by atoms with Crippen LogP contribution in [0.25, 0.3) is 16.6 Å². The van der Waals surface area contributed by atoms with E-state index in [1.54, 1.807) is 15.5 Å². The second kappa shape index (κ2) is 8.45. The molecule has 2 N–H and O–H groups in total. The van der Waals surface area contributed by atoms with E-state index in [4.69, 9.17) is 9.84 Å². The minimum atomic E-state index is -0.534. The molecule has 0 unspecified atom stereocenters. The van der Waals surface area contributed by atoms with E-state index in [0.717, 1.165) is 30.3 Å². The monoisotopic (exact) mass is 465 g/mol. The number of carbonyl (C=O) groups is 2. The summed E-state index contributed by atoms with van der Waals surface area (Å²) in [6, 6.07) is 7.20.